The number of benzene rings is 13. The Hall–Kier alpha value is -8.00. The summed E-state index contributed by atoms with van der Waals surface area (Å²) in [7, 11) is 0. The van der Waals surface area contributed by atoms with E-state index in [2.05, 4.69) is 200 Å². The zero-order chi connectivity index (χ0) is 39.8. The average molecular weight is 771 g/mol. The predicted octanol–water partition coefficient (Wildman–Crippen LogP) is 17.2. The van der Waals surface area contributed by atoms with Crippen molar-refractivity contribution in [1.29, 1.82) is 0 Å². The normalized spacial score (nSPS) is 12.3. The highest BCUT2D eigenvalue weighted by Crippen LogP contribution is 2.50. The van der Waals surface area contributed by atoms with Crippen molar-refractivity contribution < 1.29 is 4.42 Å². The fourth-order valence-corrected chi connectivity index (χ4v) is 10.9. The number of hydrogen-bond acceptors (Lipinski definition) is 1. The van der Waals surface area contributed by atoms with Crippen LogP contribution >= 0.6 is 0 Å². The molecule has 0 radical (unpaired) electrons. The van der Waals surface area contributed by atoms with Crippen molar-refractivity contribution in [3.63, 3.8) is 0 Å². The molecule has 0 aliphatic rings. The van der Waals surface area contributed by atoms with Crippen molar-refractivity contribution in [2.75, 3.05) is 0 Å². The van der Waals surface area contributed by atoms with Crippen LogP contribution in [-0.2, 0) is 0 Å². The SMILES string of the molecule is c1ccc(-c2ccc3ccc4cccc5ccc2c3c45)c(-c2cc(-c3ccc4ccc5cccc6ccc3c4c56)c(-c3ccc4oc5ccccc5c4c3)c3ccccc23)c1. The standard InChI is InChI=1S/C60H34O/c1-2-14-43(42(13-1)45-28-23-39-21-19-35-9-7-11-37-25-30-49(45)59(39)56(35)37)51-34-53(46-29-24-40-22-20-36-10-8-12-38-26-31-50(46)60(40)57(36)38)58(48-17-4-3-15-44(48)51)41-27-32-55-52(33-41)47-16-5-6-18-54(47)61-55/h1-34H. The first-order valence-corrected chi connectivity index (χ1v) is 21.2. The Balaban J connectivity index is 1.10. The summed E-state index contributed by atoms with van der Waals surface area (Å²) in [6.07, 6.45) is 0. The molecule has 1 nitrogen and oxygen atoms in total. The Morgan fingerprint density at radius 1 is 0.230 bits per heavy atom. The summed E-state index contributed by atoms with van der Waals surface area (Å²) in [5.74, 6) is 0. The van der Waals surface area contributed by atoms with Gasteiger partial charge in [-0.2, -0.15) is 0 Å². The van der Waals surface area contributed by atoms with Gasteiger partial charge in [0.2, 0.25) is 0 Å². The fraction of sp³-hybridized carbons (Fsp3) is 0. The van der Waals surface area contributed by atoms with Gasteiger partial charge in [-0.05, 0) is 144 Å². The summed E-state index contributed by atoms with van der Waals surface area (Å²) in [4.78, 5) is 0. The van der Waals surface area contributed by atoms with Gasteiger partial charge in [0.05, 0.1) is 0 Å². The molecular formula is C60H34O. The fourth-order valence-electron chi connectivity index (χ4n) is 10.9. The topological polar surface area (TPSA) is 13.1 Å². The molecule has 0 spiro atoms. The largest absolute Gasteiger partial charge is 0.456 e. The predicted molar refractivity (Wildman–Crippen MR) is 260 cm³/mol. The van der Waals surface area contributed by atoms with Gasteiger partial charge in [-0.25, -0.2) is 0 Å². The Morgan fingerprint density at radius 3 is 1.34 bits per heavy atom. The second-order valence-corrected chi connectivity index (χ2v) is 16.7. The molecule has 0 saturated carbocycles. The van der Waals surface area contributed by atoms with E-state index in [1.165, 1.54) is 120 Å². The Labute approximate surface area is 351 Å². The first-order valence-electron chi connectivity index (χ1n) is 21.2. The van der Waals surface area contributed by atoms with E-state index in [9.17, 15) is 0 Å². The van der Waals surface area contributed by atoms with E-state index in [0.29, 0.717) is 0 Å². The Bertz CT molecular complexity index is 4080. The maximum absolute atomic E-state index is 6.37. The number of rotatable bonds is 4. The minimum Gasteiger partial charge on any atom is -0.456 e. The van der Waals surface area contributed by atoms with Crippen molar-refractivity contribution in [1.82, 2.24) is 0 Å². The van der Waals surface area contributed by atoms with E-state index in [-0.39, 0.29) is 0 Å². The molecule has 61 heavy (non-hydrogen) atoms. The number of furan rings is 1. The molecule has 0 atom stereocenters. The van der Waals surface area contributed by atoms with Crippen molar-refractivity contribution in [2.24, 2.45) is 0 Å². The van der Waals surface area contributed by atoms with Crippen LogP contribution < -0.4 is 0 Å². The molecule has 0 aliphatic heterocycles. The van der Waals surface area contributed by atoms with Crippen molar-refractivity contribution in [2.45, 2.75) is 0 Å². The highest BCUT2D eigenvalue weighted by Gasteiger charge is 2.23. The average Bonchev–Trinajstić information content (AvgIpc) is 3.70. The molecule has 14 rings (SSSR count). The van der Waals surface area contributed by atoms with E-state index in [4.69, 9.17) is 4.42 Å². The van der Waals surface area contributed by atoms with E-state index < -0.39 is 0 Å². The molecule has 0 fully saturated rings. The van der Waals surface area contributed by atoms with E-state index in [1.54, 1.807) is 0 Å². The van der Waals surface area contributed by atoms with Gasteiger partial charge in [-0.15, -0.1) is 0 Å². The van der Waals surface area contributed by atoms with Crippen LogP contribution in [0.4, 0.5) is 0 Å². The van der Waals surface area contributed by atoms with Gasteiger partial charge in [-0.1, -0.05) is 182 Å². The summed E-state index contributed by atoms with van der Waals surface area (Å²) < 4.78 is 6.37. The van der Waals surface area contributed by atoms with Gasteiger partial charge in [0.25, 0.3) is 0 Å². The zero-order valence-electron chi connectivity index (χ0n) is 33.0. The molecule has 0 aliphatic carbocycles. The third kappa shape index (κ3) is 4.61. The van der Waals surface area contributed by atoms with Crippen LogP contribution in [0.3, 0.4) is 0 Å². The van der Waals surface area contributed by atoms with Crippen LogP contribution in [0.5, 0.6) is 0 Å². The summed E-state index contributed by atoms with van der Waals surface area (Å²) in [6, 6.07) is 76.7. The van der Waals surface area contributed by atoms with Crippen molar-refractivity contribution in [3.05, 3.63) is 206 Å². The van der Waals surface area contributed by atoms with Crippen molar-refractivity contribution in [3.8, 4) is 44.5 Å². The smallest absolute Gasteiger partial charge is 0.135 e. The van der Waals surface area contributed by atoms with Gasteiger partial charge < -0.3 is 4.42 Å². The van der Waals surface area contributed by atoms with Gasteiger partial charge in [-0.3, -0.25) is 0 Å². The molecule has 0 unspecified atom stereocenters. The molecule has 1 heterocycles. The molecule has 0 amide bonds. The molecule has 0 N–H and O–H groups in total. The first-order chi connectivity index (χ1) is 30.2. The number of hydrogen-bond donors (Lipinski definition) is 0. The van der Waals surface area contributed by atoms with Gasteiger partial charge >= 0.3 is 0 Å². The minimum atomic E-state index is 0.900. The van der Waals surface area contributed by atoms with Crippen LogP contribution in [0.2, 0.25) is 0 Å². The summed E-state index contributed by atoms with van der Waals surface area (Å²) in [5.41, 5.74) is 11.6. The molecule has 14 aromatic rings. The first kappa shape index (κ1) is 32.9. The molecule has 1 heteroatoms. The molecular weight excluding hydrogens is 737 g/mol. The number of para-hydroxylation sites is 1. The van der Waals surface area contributed by atoms with Gasteiger partial charge in [0.15, 0.2) is 0 Å². The second kappa shape index (κ2) is 12.3. The maximum atomic E-state index is 6.37. The van der Waals surface area contributed by atoms with Crippen LogP contribution in [-0.4, -0.2) is 0 Å². The second-order valence-electron chi connectivity index (χ2n) is 16.7. The highest BCUT2D eigenvalue weighted by molar-refractivity contribution is 6.28. The Morgan fingerprint density at radius 2 is 0.705 bits per heavy atom. The minimum absolute atomic E-state index is 0.900. The summed E-state index contributed by atoms with van der Waals surface area (Å²) in [5, 5.41) is 20.2. The highest BCUT2D eigenvalue weighted by atomic mass is 16.3. The van der Waals surface area contributed by atoms with Crippen molar-refractivity contribution >= 4 is 97.3 Å². The van der Waals surface area contributed by atoms with E-state index >= 15 is 0 Å². The van der Waals surface area contributed by atoms with E-state index in [1.807, 2.05) is 6.07 Å². The van der Waals surface area contributed by atoms with Crippen LogP contribution in [0.25, 0.3) is 142 Å². The van der Waals surface area contributed by atoms with Gasteiger partial charge in [0, 0.05) is 10.8 Å². The van der Waals surface area contributed by atoms with Gasteiger partial charge in [0.1, 0.15) is 11.2 Å². The lowest BCUT2D eigenvalue weighted by atomic mass is 9.81. The number of fused-ring (bicyclic) bond motifs is 4. The molecule has 0 saturated heterocycles. The molecule has 0 bridgehead atoms. The summed E-state index contributed by atoms with van der Waals surface area (Å²) in [6.45, 7) is 0. The quantitative estimate of drug-likeness (QED) is 0.162. The summed E-state index contributed by atoms with van der Waals surface area (Å²) >= 11 is 0. The zero-order valence-corrected chi connectivity index (χ0v) is 33.0. The van der Waals surface area contributed by atoms with E-state index in [0.717, 1.165) is 21.9 Å². The lowest BCUT2D eigenvalue weighted by molar-refractivity contribution is 0.669. The lowest BCUT2D eigenvalue weighted by Gasteiger charge is -2.22. The molecule has 1 aromatic heterocycles. The Kier molecular flexibility index (Phi) is 6.62. The lowest BCUT2D eigenvalue weighted by Crippen LogP contribution is -1.95. The van der Waals surface area contributed by atoms with Crippen LogP contribution in [0.15, 0.2) is 211 Å². The maximum Gasteiger partial charge on any atom is 0.135 e. The molecule has 13 aromatic carbocycles. The third-order valence-electron chi connectivity index (χ3n) is 13.6. The van der Waals surface area contributed by atoms with Crippen LogP contribution in [0, 0.1) is 0 Å². The monoisotopic (exact) mass is 770 g/mol. The molecule has 280 valence electrons. The van der Waals surface area contributed by atoms with Crippen LogP contribution in [0.1, 0.15) is 0 Å². The third-order valence-corrected chi connectivity index (χ3v) is 13.6.